The van der Waals surface area contributed by atoms with Gasteiger partial charge < -0.3 is 5.32 Å². The first-order chi connectivity index (χ1) is 16.7. The van der Waals surface area contributed by atoms with E-state index in [2.05, 4.69) is 97.3 Å². The molecular weight excluding hydrogens is 440 g/mol. The van der Waals surface area contributed by atoms with E-state index in [1.807, 2.05) is 13.0 Å². The molecule has 6 nitrogen and oxygen atoms in total. The fraction of sp³-hybridized carbons (Fsp3) is 0.222. The van der Waals surface area contributed by atoms with E-state index in [-0.39, 0.29) is 6.04 Å². The molecular formula is C27H26N6S. The number of aromatic nitrogens is 4. The third kappa shape index (κ3) is 4.32. The average Bonchev–Trinajstić information content (AvgIpc) is 3.58. The highest BCUT2D eigenvalue weighted by molar-refractivity contribution is 7.18. The number of H-pyrrole nitrogens is 1. The lowest BCUT2D eigenvalue weighted by Crippen LogP contribution is -2.35. The standard InChI is InChI=1S/C27H26N6S/c1-18-24-14-20(11-12-25(24)30-29-18)26-31-32-27(34-26)28-23(13-19-7-3-2-4-8-19)17-33-15-21-9-5-6-10-22(21)16-33/h2-12,14,23H,13,15-17H2,1H3,(H,28,32)(H,29,30)/t23-/m0/s1. The van der Waals surface area contributed by atoms with Crippen LogP contribution in [0.2, 0.25) is 0 Å². The predicted octanol–water partition coefficient (Wildman–Crippen LogP) is 5.43. The largest absolute Gasteiger partial charge is 0.356 e. The molecule has 5 aromatic rings. The highest BCUT2D eigenvalue weighted by Crippen LogP contribution is 2.30. The molecule has 1 aliphatic heterocycles. The predicted molar refractivity (Wildman–Crippen MR) is 138 cm³/mol. The second-order valence-corrected chi connectivity index (χ2v) is 9.94. The lowest BCUT2D eigenvalue weighted by atomic mass is 10.1. The molecule has 34 heavy (non-hydrogen) atoms. The molecule has 0 amide bonds. The Hall–Kier alpha value is -3.55. The van der Waals surface area contributed by atoms with E-state index in [9.17, 15) is 0 Å². The molecule has 170 valence electrons. The SMILES string of the molecule is Cc1[nH]nc2ccc(-c3nnc(N[C@@H](Cc4ccccc4)CN4Cc5ccccc5C4)s3)cc12. The number of benzene rings is 3. The van der Waals surface area contributed by atoms with Gasteiger partial charge in [-0.1, -0.05) is 65.9 Å². The first kappa shape index (κ1) is 21.0. The van der Waals surface area contributed by atoms with Gasteiger partial charge in [0.1, 0.15) is 5.01 Å². The van der Waals surface area contributed by atoms with Gasteiger partial charge in [-0.2, -0.15) is 5.10 Å². The highest BCUT2D eigenvalue weighted by atomic mass is 32.1. The van der Waals surface area contributed by atoms with Gasteiger partial charge in [-0.15, -0.1) is 10.2 Å². The fourth-order valence-corrected chi connectivity index (χ4v) is 5.57. The van der Waals surface area contributed by atoms with E-state index in [4.69, 9.17) is 0 Å². The van der Waals surface area contributed by atoms with Crippen molar-refractivity contribution in [3.63, 3.8) is 0 Å². The van der Waals surface area contributed by atoms with Crippen molar-refractivity contribution in [3.05, 3.63) is 95.2 Å². The van der Waals surface area contributed by atoms with Gasteiger partial charge in [-0.05, 0) is 48.2 Å². The second-order valence-electron chi connectivity index (χ2n) is 8.96. The maximum absolute atomic E-state index is 4.49. The number of anilines is 1. The smallest absolute Gasteiger partial charge is 0.206 e. The molecule has 0 saturated heterocycles. The minimum atomic E-state index is 0.233. The highest BCUT2D eigenvalue weighted by Gasteiger charge is 2.23. The van der Waals surface area contributed by atoms with Crippen molar-refractivity contribution < 1.29 is 0 Å². The normalized spacial score (nSPS) is 14.4. The Morgan fingerprint density at radius 1 is 0.971 bits per heavy atom. The van der Waals surface area contributed by atoms with Crippen LogP contribution in [0.25, 0.3) is 21.5 Å². The fourth-order valence-electron chi connectivity index (χ4n) is 4.75. The van der Waals surface area contributed by atoms with Gasteiger partial charge in [-0.3, -0.25) is 10.00 Å². The van der Waals surface area contributed by atoms with Crippen molar-refractivity contribution in [1.82, 2.24) is 25.3 Å². The number of aryl methyl sites for hydroxylation is 1. The zero-order valence-electron chi connectivity index (χ0n) is 19.0. The van der Waals surface area contributed by atoms with E-state index in [0.29, 0.717) is 0 Å². The number of aromatic amines is 1. The van der Waals surface area contributed by atoms with E-state index in [1.165, 1.54) is 16.7 Å². The Morgan fingerprint density at radius 2 is 1.74 bits per heavy atom. The van der Waals surface area contributed by atoms with Crippen LogP contribution in [-0.2, 0) is 19.5 Å². The van der Waals surface area contributed by atoms with E-state index < -0.39 is 0 Å². The molecule has 0 saturated carbocycles. The summed E-state index contributed by atoms with van der Waals surface area (Å²) in [4.78, 5) is 2.52. The molecule has 0 spiro atoms. The van der Waals surface area contributed by atoms with Gasteiger partial charge in [0.05, 0.1) is 5.52 Å². The van der Waals surface area contributed by atoms with Gasteiger partial charge in [-0.25, -0.2) is 0 Å². The van der Waals surface area contributed by atoms with Gasteiger partial charge in [0, 0.05) is 42.3 Å². The molecule has 0 fully saturated rings. The lowest BCUT2D eigenvalue weighted by molar-refractivity contribution is 0.270. The lowest BCUT2D eigenvalue weighted by Gasteiger charge is -2.24. The maximum atomic E-state index is 4.49. The second kappa shape index (κ2) is 9.00. The zero-order valence-corrected chi connectivity index (χ0v) is 19.8. The molecule has 6 rings (SSSR count). The zero-order chi connectivity index (χ0) is 22.9. The van der Waals surface area contributed by atoms with E-state index in [1.54, 1.807) is 11.3 Å². The molecule has 2 aromatic heterocycles. The molecule has 0 unspecified atom stereocenters. The number of rotatable bonds is 7. The number of hydrogen-bond acceptors (Lipinski definition) is 6. The Morgan fingerprint density at radius 3 is 2.53 bits per heavy atom. The number of nitrogens with zero attached hydrogens (tertiary/aromatic N) is 4. The number of hydrogen-bond donors (Lipinski definition) is 2. The van der Waals surface area contributed by atoms with Crippen LogP contribution in [-0.4, -0.2) is 37.9 Å². The number of fused-ring (bicyclic) bond motifs is 2. The van der Waals surface area contributed by atoms with Crippen molar-refractivity contribution >= 4 is 27.4 Å². The van der Waals surface area contributed by atoms with Crippen molar-refractivity contribution in [2.75, 3.05) is 11.9 Å². The summed E-state index contributed by atoms with van der Waals surface area (Å²) in [5.74, 6) is 0. The summed E-state index contributed by atoms with van der Waals surface area (Å²) in [6.07, 6.45) is 0.933. The van der Waals surface area contributed by atoms with Crippen molar-refractivity contribution in [2.45, 2.75) is 32.5 Å². The van der Waals surface area contributed by atoms with Crippen LogP contribution in [0, 0.1) is 6.92 Å². The quantitative estimate of drug-likeness (QED) is 0.335. The van der Waals surface area contributed by atoms with Gasteiger partial charge >= 0.3 is 0 Å². The molecule has 2 N–H and O–H groups in total. The van der Waals surface area contributed by atoms with Gasteiger partial charge in [0.2, 0.25) is 5.13 Å². The minimum Gasteiger partial charge on any atom is -0.356 e. The average molecular weight is 467 g/mol. The first-order valence-corrected chi connectivity index (χ1v) is 12.4. The van der Waals surface area contributed by atoms with E-state index in [0.717, 1.165) is 58.4 Å². The van der Waals surface area contributed by atoms with Crippen molar-refractivity contribution in [2.24, 2.45) is 0 Å². The summed E-state index contributed by atoms with van der Waals surface area (Å²) in [5.41, 5.74) is 7.29. The topological polar surface area (TPSA) is 69.7 Å². The molecule has 3 aromatic carbocycles. The van der Waals surface area contributed by atoms with Crippen molar-refractivity contribution in [3.8, 4) is 10.6 Å². The summed E-state index contributed by atoms with van der Waals surface area (Å²) in [6, 6.07) is 25.9. The molecule has 7 heteroatoms. The molecule has 1 atom stereocenters. The van der Waals surface area contributed by atoms with Gasteiger partial charge in [0.15, 0.2) is 0 Å². The van der Waals surface area contributed by atoms with Crippen LogP contribution in [0.1, 0.15) is 22.4 Å². The summed E-state index contributed by atoms with van der Waals surface area (Å²) in [5, 5.41) is 23.0. The van der Waals surface area contributed by atoms with Crippen LogP contribution < -0.4 is 5.32 Å². The van der Waals surface area contributed by atoms with Crippen LogP contribution in [0.15, 0.2) is 72.8 Å². The Labute approximate surface area is 202 Å². The molecule has 0 bridgehead atoms. The first-order valence-electron chi connectivity index (χ1n) is 11.6. The Bertz CT molecular complexity index is 1400. The Kier molecular flexibility index (Phi) is 5.57. The van der Waals surface area contributed by atoms with Gasteiger partial charge in [0.25, 0.3) is 0 Å². The Balaban J connectivity index is 1.21. The van der Waals surface area contributed by atoms with Crippen LogP contribution in [0.4, 0.5) is 5.13 Å². The molecule has 1 aliphatic rings. The van der Waals surface area contributed by atoms with Crippen LogP contribution in [0.5, 0.6) is 0 Å². The van der Waals surface area contributed by atoms with Crippen LogP contribution in [0.3, 0.4) is 0 Å². The summed E-state index contributed by atoms with van der Waals surface area (Å²) >= 11 is 1.60. The van der Waals surface area contributed by atoms with Crippen molar-refractivity contribution in [1.29, 1.82) is 0 Å². The summed E-state index contributed by atoms with van der Waals surface area (Å²) < 4.78 is 0. The molecule has 0 radical (unpaired) electrons. The van der Waals surface area contributed by atoms with Crippen LogP contribution >= 0.6 is 11.3 Å². The van der Waals surface area contributed by atoms with E-state index >= 15 is 0 Å². The third-order valence-electron chi connectivity index (χ3n) is 6.45. The minimum absolute atomic E-state index is 0.233. The monoisotopic (exact) mass is 466 g/mol. The number of nitrogens with one attached hydrogen (secondary N) is 2. The summed E-state index contributed by atoms with van der Waals surface area (Å²) in [6.45, 7) is 4.97. The third-order valence-corrected chi connectivity index (χ3v) is 7.36. The molecule has 0 aliphatic carbocycles. The molecule has 3 heterocycles. The maximum Gasteiger partial charge on any atom is 0.206 e. The summed E-state index contributed by atoms with van der Waals surface area (Å²) in [7, 11) is 0.